The Balaban J connectivity index is 1.23. The third kappa shape index (κ3) is 5.34. The number of fused-ring (bicyclic) bond motifs is 2. The molecule has 1 heterocycles. The molecule has 0 atom stereocenters. The maximum Gasteiger partial charge on any atom is 0.250 e. The fourth-order valence-electron chi connectivity index (χ4n) is 4.60. The van der Waals surface area contributed by atoms with Crippen LogP contribution in [0.3, 0.4) is 0 Å². The highest BCUT2D eigenvalue weighted by molar-refractivity contribution is 7.99. The van der Waals surface area contributed by atoms with Gasteiger partial charge in [-0.1, -0.05) is 102 Å². The first-order valence-corrected chi connectivity index (χ1v) is 14.1. The highest BCUT2D eigenvalue weighted by Crippen LogP contribution is 2.29. The Morgan fingerprint density at radius 1 is 0.900 bits per heavy atom. The van der Waals surface area contributed by atoms with E-state index in [1.807, 2.05) is 84.3 Å². The van der Waals surface area contributed by atoms with Gasteiger partial charge < -0.3 is 0 Å². The normalized spacial score (nSPS) is 11.4. The number of nitrogens with one attached hydrogen (secondary N) is 1. The van der Waals surface area contributed by atoms with Crippen LogP contribution in [0.2, 0.25) is 5.02 Å². The quantitative estimate of drug-likeness (QED) is 0.0951. The lowest BCUT2D eigenvalue weighted by molar-refractivity contribution is -0.118. The van der Waals surface area contributed by atoms with E-state index in [0.717, 1.165) is 43.9 Å². The Morgan fingerprint density at radius 3 is 2.23 bits per heavy atom. The van der Waals surface area contributed by atoms with Crippen LogP contribution < -0.4 is 5.43 Å². The number of hydrogen-bond acceptors (Lipinski definition) is 5. The molecule has 8 heteroatoms. The number of aryl methyl sites for hydroxylation is 1. The van der Waals surface area contributed by atoms with Crippen molar-refractivity contribution in [2.24, 2.45) is 5.10 Å². The Morgan fingerprint density at radius 2 is 1.55 bits per heavy atom. The Kier molecular flexibility index (Phi) is 7.31. The summed E-state index contributed by atoms with van der Waals surface area (Å²) in [4.78, 5) is 12.8. The number of carbonyl (C=O) groups excluding carboxylic acids is 1. The fourth-order valence-corrected chi connectivity index (χ4v) is 5.47. The smallest absolute Gasteiger partial charge is 0.250 e. The monoisotopic (exact) mass is 561 g/mol. The molecule has 0 aliphatic rings. The van der Waals surface area contributed by atoms with Crippen LogP contribution in [0.25, 0.3) is 38.6 Å². The lowest BCUT2D eigenvalue weighted by Gasteiger charge is -2.10. The lowest BCUT2D eigenvalue weighted by Crippen LogP contribution is -2.20. The highest BCUT2D eigenvalue weighted by atomic mass is 35.5. The first kappa shape index (κ1) is 25.8. The van der Waals surface area contributed by atoms with Crippen LogP contribution in [-0.4, -0.2) is 32.6 Å². The van der Waals surface area contributed by atoms with Gasteiger partial charge in [-0.2, -0.15) is 5.10 Å². The first-order chi connectivity index (χ1) is 19.6. The van der Waals surface area contributed by atoms with Gasteiger partial charge in [-0.25, -0.2) is 5.43 Å². The molecule has 6 rings (SSSR count). The van der Waals surface area contributed by atoms with E-state index in [2.05, 4.69) is 51.1 Å². The topological polar surface area (TPSA) is 72.2 Å². The van der Waals surface area contributed by atoms with Gasteiger partial charge in [0.1, 0.15) is 0 Å². The molecule has 0 saturated heterocycles. The second-order valence-corrected chi connectivity index (χ2v) is 10.7. The molecule has 6 nitrogen and oxygen atoms in total. The molecular weight excluding hydrogens is 538 g/mol. The number of halogens is 1. The molecule has 0 spiro atoms. The zero-order chi connectivity index (χ0) is 27.5. The van der Waals surface area contributed by atoms with Gasteiger partial charge in [0.05, 0.1) is 12.0 Å². The van der Waals surface area contributed by atoms with Crippen molar-refractivity contribution >= 4 is 57.0 Å². The summed E-state index contributed by atoms with van der Waals surface area (Å²) in [6, 6.07) is 34.1. The molecule has 0 aliphatic heterocycles. The van der Waals surface area contributed by atoms with E-state index in [-0.39, 0.29) is 11.7 Å². The largest absolute Gasteiger partial charge is 0.272 e. The van der Waals surface area contributed by atoms with E-state index in [0.29, 0.717) is 16.0 Å². The maximum absolute atomic E-state index is 12.8. The van der Waals surface area contributed by atoms with Gasteiger partial charge >= 0.3 is 0 Å². The number of rotatable bonds is 7. The van der Waals surface area contributed by atoms with Crippen molar-refractivity contribution in [3.63, 3.8) is 0 Å². The van der Waals surface area contributed by atoms with Gasteiger partial charge in [0.2, 0.25) is 0 Å². The van der Waals surface area contributed by atoms with Crippen LogP contribution in [0.4, 0.5) is 0 Å². The van der Waals surface area contributed by atoms with Gasteiger partial charge in [-0.05, 0) is 58.8 Å². The average Bonchev–Trinajstić information content (AvgIpc) is 3.40. The molecule has 0 radical (unpaired) electrons. The average molecular weight is 562 g/mol. The van der Waals surface area contributed by atoms with Gasteiger partial charge in [-0.3, -0.25) is 9.36 Å². The molecular formula is C32H24ClN5OS. The van der Waals surface area contributed by atoms with E-state index in [4.69, 9.17) is 11.6 Å². The second kappa shape index (κ2) is 11.3. The highest BCUT2D eigenvalue weighted by Gasteiger charge is 2.17. The van der Waals surface area contributed by atoms with Crippen molar-refractivity contribution in [3.05, 3.63) is 119 Å². The van der Waals surface area contributed by atoms with Gasteiger partial charge in [0.15, 0.2) is 11.0 Å². The number of thioether (sulfide) groups is 1. The van der Waals surface area contributed by atoms with Crippen LogP contribution in [0, 0.1) is 6.92 Å². The summed E-state index contributed by atoms with van der Waals surface area (Å²) >= 11 is 7.43. The number of benzene rings is 5. The van der Waals surface area contributed by atoms with Crippen molar-refractivity contribution in [1.29, 1.82) is 0 Å². The van der Waals surface area contributed by atoms with Crippen molar-refractivity contribution in [2.45, 2.75) is 12.1 Å². The van der Waals surface area contributed by atoms with Gasteiger partial charge in [0, 0.05) is 21.8 Å². The Labute approximate surface area is 240 Å². The molecule has 1 amide bonds. The predicted octanol–water partition coefficient (Wildman–Crippen LogP) is 7.44. The van der Waals surface area contributed by atoms with Crippen molar-refractivity contribution in [3.8, 4) is 17.1 Å². The summed E-state index contributed by atoms with van der Waals surface area (Å²) in [5.74, 6) is 0.562. The summed E-state index contributed by atoms with van der Waals surface area (Å²) < 4.78 is 1.93. The molecule has 0 unspecified atom stereocenters. The van der Waals surface area contributed by atoms with E-state index >= 15 is 0 Å². The molecule has 196 valence electrons. The minimum Gasteiger partial charge on any atom is -0.272 e. The summed E-state index contributed by atoms with van der Waals surface area (Å²) in [5, 5.41) is 18.8. The summed E-state index contributed by atoms with van der Waals surface area (Å²) in [7, 11) is 0. The number of hydrogen-bond donors (Lipinski definition) is 1. The SMILES string of the molecule is Cc1ccc(-c2nnc(SCC(=O)N/N=C/c3c4ccccc4cc4ccccc34)n2-c2ccc(Cl)cc2)cc1. The third-order valence-corrected chi connectivity index (χ3v) is 7.74. The lowest BCUT2D eigenvalue weighted by atomic mass is 9.97. The summed E-state index contributed by atoms with van der Waals surface area (Å²) in [6.45, 7) is 2.04. The number of aromatic nitrogens is 3. The molecule has 0 saturated carbocycles. The molecule has 5 aromatic carbocycles. The number of carbonyl (C=O) groups is 1. The van der Waals surface area contributed by atoms with Gasteiger partial charge in [0.25, 0.3) is 5.91 Å². The van der Waals surface area contributed by atoms with E-state index < -0.39 is 0 Å². The van der Waals surface area contributed by atoms with Gasteiger partial charge in [-0.15, -0.1) is 10.2 Å². The van der Waals surface area contributed by atoms with Crippen LogP contribution in [-0.2, 0) is 4.79 Å². The van der Waals surface area contributed by atoms with Crippen LogP contribution in [0.15, 0.2) is 113 Å². The molecule has 0 fully saturated rings. The van der Waals surface area contributed by atoms with E-state index in [1.165, 1.54) is 11.8 Å². The molecule has 1 N–H and O–H groups in total. The minimum atomic E-state index is -0.242. The zero-order valence-corrected chi connectivity index (χ0v) is 23.2. The van der Waals surface area contributed by atoms with E-state index in [1.54, 1.807) is 6.21 Å². The number of amides is 1. The Bertz CT molecular complexity index is 1810. The molecule has 0 aliphatic carbocycles. The van der Waals surface area contributed by atoms with E-state index in [9.17, 15) is 4.79 Å². The van der Waals surface area contributed by atoms with Crippen LogP contribution in [0.1, 0.15) is 11.1 Å². The minimum absolute atomic E-state index is 0.118. The summed E-state index contributed by atoms with van der Waals surface area (Å²) in [5.41, 5.74) is 6.58. The van der Waals surface area contributed by atoms with Crippen LogP contribution >= 0.6 is 23.4 Å². The number of hydrazone groups is 1. The summed E-state index contributed by atoms with van der Waals surface area (Å²) in [6.07, 6.45) is 1.72. The van der Waals surface area contributed by atoms with Crippen molar-refractivity contribution < 1.29 is 4.79 Å². The fraction of sp³-hybridized carbons (Fsp3) is 0.0625. The molecule has 40 heavy (non-hydrogen) atoms. The van der Waals surface area contributed by atoms with Crippen molar-refractivity contribution in [1.82, 2.24) is 20.2 Å². The Hall–Kier alpha value is -4.46. The van der Waals surface area contributed by atoms with Crippen LogP contribution in [0.5, 0.6) is 0 Å². The first-order valence-electron chi connectivity index (χ1n) is 12.7. The molecule has 1 aromatic heterocycles. The maximum atomic E-state index is 12.8. The number of nitrogens with zero attached hydrogens (tertiary/aromatic N) is 4. The zero-order valence-electron chi connectivity index (χ0n) is 21.6. The molecule has 6 aromatic rings. The van der Waals surface area contributed by atoms with Crippen molar-refractivity contribution in [2.75, 3.05) is 5.75 Å². The predicted molar refractivity (Wildman–Crippen MR) is 164 cm³/mol. The molecule has 0 bridgehead atoms. The standard InChI is InChI=1S/C32H24ClN5OS/c1-21-10-12-22(13-11-21)31-36-37-32(38(31)26-16-14-25(33)15-17-26)40-20-30(39)35-34-19-29-27-8-4-2-6-23(27)18-24-7-3-5-9-28(24)29/h2-19H,20H2,1H3,(H,35,39)/b34-19+. The third-order valence-electron chi connectivity index (χ3n) is 6.56. The second-order valence-electron chi connectivity index (χ2n) is 9.30.